The van der Waals surface area contributed by atoms with Crippen LogP contribution in [0.3, 0.4) is 0 Å². The van der Waals surface area contributed by atoms with Crippen LogP contribution in [0, 0.1) is 0 Å². The van der Waals surface area contributed by atoms with Gasteiger partial charge in [0.1, 0.15) is 5.75 Å². The fraction of sp³-hybridized carbons (Fsp3) is 0.423. The molecule has 170 valence electrons. The molecule has 1 aliphatic rings. The average Bonchev–Trinajstić information content (AvgIpc) is 3.25. The summed E-state index contributed by atoms with van der Waals surface area (Å²) in [5, 5.41) is 8.35. The number of fused-ring (bicyclic) bond motifs is 1. The number of guanidine groups is 1. The van der Waals surface area contributed by atoms with Crippen molar-refractivity contribution in [2.75, 3.05) is 40.0 Å². The Bertz CT molecular complexity index is 1020. The number of aromatic amines is 1. The Morgan fingerprint density at radius 1 is 1.09 bits per heavy atom. The molecule has 0 saturated carbocycles. The number of aromatic nitrogens is 1. The summed E-state index contributed by atoms with van der Waals surface area (Å²) >= 11 is 0. The zero-order valence-electron chi connectivity index (χ0n) is 19.1. The number of nitrogens with one attached hydrogen (secondary N) is 3. The van der Waals surface area contributed by atoms with Crippen molar-refractivity contribution in [3.8, 4) is 5.75 Å². The van der Waals surface area contributed by atoms with Gasteiger partial charge < -0.3 is 25.1 Å². The van der Waals surface area contributed by atoms with Gasteiger partial charge in [-0.05, 0) is 55.5 Å². The van der Waals surface area contributed by atoms with E-state index in [1.165, 1.54) is 22.0 Å². The largest absolute Gasteiger partial charge is 0.494 e. The summed E-state index contributed by atoms with van der Waals surface area (Å²) in [6.07, 6.45) is 5.01. The van der Waals surface area contributed by atoms with E-state index in [9.17, 15) is 0 Å². The lowest BCUT2D eigenvalue weighted by Gasteiger charge is -2.38. The van der Waals surface area contributed by atoms with Crippen LogP contribution in [0.5, 0.6) is 5.75 Å². The van der Waals surface area contributed by atoms with Crippen molar-refractivity contribution in [3.05, 3.63) is 65.9 Å². The topological polar surface area (TPSA) is 70.7 Å². The van der Waals surface area contributed by atoms with Gasteiger partial charge in [-0.1, -0.05) is 30.3 Å². The Kier molecular flexibility index (Phi) is 7.32. The van der Waals surface area contributed by atoms with E-state index in [0.717, 1.165) is 57.3 Å². The molecule has 0 amide bonds. The molecule has 1 aliphatic heterocycles. The van der Waals surface area contributed by atoms with Gasteiger partial charge >= 0.3 is 0 Å². The molecular formula is C26H34N4O2. The SMILES string of the molecule is CCOc1ccc(C2(CNC(=NC)NCCc3c[nH]c4ccccc34)CCOCC2)cc1. The van der Waals surface area contributed by atoms with Crippen molar-refractivity contribution < 1.29 is 9.47 Å². The third-order valence-corrected chi connectivity index (χ3v) is 6.41. The van der Waals surface area contributed by atoms with E-state index in [-0.39, 0.29) is 5.41 Å². The van der Waals surface area contributed by atoms with Crippen LogP contribution in [0.2, 0.25) is 0 Å². The molecule has 6 heteroatoms. The second-order valence-corrected chi connectivity index (χ2v) is 8.31. The molecule has 0 atom stereocenters. The number of rotatable bonds is 8. The summed E-state index contributed by atoms with van der Waals surface area (Å²) in [4.78, 5) is 7.80. The summed E-state index contributed by atoms with van der Waals surface area (Å²) in [5.41, 5.74) is 3.85. The highest BCUT2D eigenvalue weighted by Gasteiger charge is 2.34. The van der Waals surface area contributed by atoms with Gasteiger partial charge in [-0.3, -0.25) is 4.99 Å². The van der Waals surface area contributed by atoms with Gasteiger partial charge in [0.25, 0.3) is 0 Å². The lowest BCUT2D eigenvalue weighted by molar-refractivity contribution is 0.0513. The van der Waals surface area contributed by atoms with Crippen molar-refractivity contribution >= 4 is 16.9 Å². The minimum Gasteiger partial charge on any atom is -0.494 e. The zero-order valence-corrected chi connectivity index (χ0v) is 19.1. The molecule has 0 unspecified atom stereocenters. The number of para-hydroxylation sites is 1. The van der Waals surface area contributed by atoms with Crippen molar-refractivity contribution in [3.63, 3.8) is 0 Å². The van der Waals surface area contributed by atoms with Gasteiger partial charge in [0.2, 0.25) is 0 Å². The van der Waals surface area contributed by atoms with Gasteiger partial charge in [0.05, 0.1) is 6.61 Å². The third-order valence-electron chi connectivity index (χ3n) is 6.41. The first-order chi connectivity index (χ1) is 15.7. The van der Waals surface area contributed by atoms with Gasteiger partial charge in [-0.25, -0.2) is 0 Å². The smallest absolute Gasteiger partial charge is 0.191 e. The van der Waals surface area contributed by atoms with Crippen molar-refractivity contribution in [2.24, 2.45) is 4.99 Å². The Balaban J connectivity index is 1.37. The summed E-state index contributed by atoms with van der Waals surface area (Å²) in [6, 6.07) is 17.0. The quantitative estimate of drug-likeness (QED) is 0.370. The lowest BCUT2D eigenvalue weighted by Crippen LogP contribution is -2.48. The monoisotopic (exact) mass is 434 g/mol. The van der Waals surface area contributed by atoms with E-state index in [4.69, 9.17) is 9.47 Å². The lowest BCUT2D eigenvalue weighted by atomic mass is 9.74. The highest BCUT2D eigenvalue weighted by atomic mass is 16.5. The molecule has 3 N–H and O–H groups in total. The second-order valence-electron chi connectivity index (χ2n) is 8.31. The highest BCUT2D eigenvalue weighted by molar-refractivity contribution is 5.83. The van der Waals surface area contributed by atoms with Crippen LogP contribution in [0.25, 0.3) is 10.9 Å². The average molecular weight is 435 g/mol. The Morgan fingerprint density at radius 3 is 2.62 bits per heavy atom. The normalized spacial score (nSPS) is 16.1. The van der Waals surface area contributed by atoms with E-state index >= 15 is 0 Å². The first-order valence-corrected chi connectivity index (χ1v) is 11.5. The van der Waals surface area contributed by atoms with E-state index in [0.29, 0.717) is 6.61 Å². The van der Waals surface area contributed by atoms with Crippen LogP contribution in [0.4, 0.5) is 0 Å². The molecule has 3 aromatic rings. The number of hydrogen-bond acceptors (Lipinski definition) is 3. The summed E-state index contributed by atoms with van der Waals surface area (Å²) < 4.78 is 11.3. The molecule has 0 bridgehead atoms. The van der Waals surface area contributed by atoms with Gasteiger partial charge in [-0.15, -0.1) is 0 Å². The molecule has 32 heavy (non-hydrogen) atoms. The molecule has 2 heterocycles. The second kappa shape index (κ2) is 10.6. The van der Waals surface area contributed by atoms with Crippen LogP contribution in [-0.4, -0.2) is 50.9 Å². The van der Waals surface area contributed by atoms with E-state index in [2.05, 4.69) is 75.3 Å². The number of aliphatic imine (C=N–C) groups is 1. The maximum absolute atomic E-state index is 5.68. The van der Waals surface area contributed by atoms with Gasteiger partial charge in [0, 0.05) is 55.9 Å². The maximum Gasteiger partial charge on any atom is 0.191 e. The number of hydrogen-bond donors (Lipinski definition) is 3. The number of H-pyrrole nitrogens is 1. The predicted molar refractivity (Wildman–Crippen MR) is 131 cm³/mol. The van der Waals surface area contributed by atoms with Crippen molar-refractivity contribution in [1.82, 2.24) is 15.6 Å². The molecule has 2 aromatic carbocycles. The standard InChI is InChI=1S/C26H34N4O2/c1-3-32-22-10-8-21(9-11-22)26(13-16-31-17-14-26)19-30-25(27-2)28-15-12-20-18-29-24-7-5-4-6-23(20)24/h4-11,18,29H,3,12-17,19H2,1-2H3,(H2,27,28,30). The zero-order chi connectivity index (χ0) is 22.2. The van der Waals surface area contributed by atoms with Crippen molar-refractivity contribution in [1.29, 1.82) is 0 Å². The first kappa shape index (κ1) is 22.2. The molecule has 0 spiro atoms. The van der Waals surface area contributed by atoms with Gasteiger partial charge in [0.15, 0.2) is 5.96 Å². The fourth-order valence-corrected chi connectivity index (χ4v) is 4.53. The van der Waals surface area contributed by atoms with Crippen LogP contribution in [0.15, 0.2) is 59.7 Å². The molecule has 4 rings (SSSR count). The van der Waals surface area contributed by atoms with Crippen LogP contribution in [0.1, 0.15) is 30.9 Å². The molecule has 1 fully saturated rings. The van der Waals surface area contributed by atoms with Crippen LogP contribution < -0.4 is 15.4 Å². The minimum atomic E-state index is 0.0253. The number of nitrogens with zero attached hydrogens (tertiary/aromatic N) is 1. The molecule has 6 nitrogen and oxygen atoms in total. The number of benzene rings is 2. The van der Waals surface area contributed by atoms with E-state index in [1.807, 2.05) is 14.0 Å². The Hall–Kier alpha value is -2.99. The predicted octanol–water partition coefficient (Wildman–Crippen LogP) is 4.02. The van der Waals surface area contributed by atoms with Crippen LogP contribution in [-0.2, 0) is 16.6 Å². The molecule has 0 radical (unpaired) electrons. The molecule has 1 saturated heterocycles. The Morgan fingerprint density at radius 2 is 1.88 bits per heavy atom. The summed E-state index contributed by atoms with van der Waals surface area (Å²) in [5.74, 6) is 1.75. The molecule has 1 aromatic heterocycles. The third kappa shape index (κ3) is 5.07. The first-order valence-electron chi connectivity index (χ1n) is 11.5. The minimum absolute atomic E-state index is 0.0253. The van der Waals surface area contributed by atoms with E-state index in [1.54, 1.807) is 0 Å². The fourth-order valence-electron chi connectivity index (χ4n) is 4.53. The molecular weight excluding hydrogens is 400 g/mol. The summed E-state index contributed by atoms with van der Waals surface area (Å²) in [7, 11) is 1.83. The van der Waals surface area contributed by atoms with Crippen LogP contribution >= 0.6 is 0 Å². The maximum atomic E-state index is 5.68. The Labute approximate surface area is 190 Å². The summed E-state index contributed by atoms with van der Waals surface area (Å²) in [6.45, 7) is 5.89. The highest BCUT2D eigenvalue weighted by Crippen LogP contribution is 2.35. The molecule has 0 aliphatic carbocycles. The van der Waals surface area contributed by atoms with Crippen molar-refractivity contribution in [2.45, 2.75) is 31.6 Å². The number of ether oxygens (including phenoxy) is 2. The van der Waals surface area contributed by atoms with Gasteiger partial charge in [-0.2, -0.15) is 0 Å². The van der Waals surface area contributed by atoms with E-state index < -0.39 is 0 Å².